The zero-order chi connectivity index (χ0) is 14.2. The Labute approximate surface area is 110 Å². The van der Waals surface area contributed by atoms with Gasteiger partial charge in [-0.25, -0.2) is 17.9 Å². The molecule has 0 bridgehead atoms. The molecule has 1 aromatic carbocycles. The molecule has 1 aliphatic rings. The third-order valence-electron chi connectivity index (χ3n) is 3.00. The van der Waals surface area contributed by atoms with Gasteiger partial charge in [-0.2, -0.15) is 0 Å². The fourth-order valence-corrected chi connectivity index (χ4v) is 2.70. The summed E-state index contributed by atoms with van der Waals surface area (Å²) < 4.78 is 40.8. The number of amides is 1. The van der Waals surface area contributed by atoms with Gasteiger partial charge in [0, 0.05) is 24.7 Å². The standard InChI is InChI=1S/C11H13FN2O4S/c1-18-10-3-2-7(4-9(10)12)14-6-8(5-11(14)15)19(13,16)17/h2-4,8H,5-6H2,1H3,(H2,13,16,17). The van der Waals surface area contributed by atoms with Gasteiger partial charge in [0.05, 0.1) is 7.11 Å². The molecular weight excluding hydrogens is 275 g/mol. The highest BCUT2D eigenvalue weighted by Crippen LogP contribution is 2.28. The number of sulfonamides is 1. The molecule has 0 radical (unpaired) electrons. The highest BCUT2D eigenvalue weighted by atomic mass is 32.2. The zero-order valence-electron chi connectivity index (χ0n) is 10.2. The van der Waals surface area contributed by atoms with Crippen molar-refractivity contribution < 1.29 is 22.3 Å². The molecule has 1 heterocycles. The second-order valence-corrected chi connectivity index (χ2v) is 6.08. The molecule has 1 atom stereocenters. The van der Waals surface area contributed by atoms with E-state index in [1.54, 1.807) is 0 Å². The largest absolute Gasteiger partial charge is 0.494 e. The Bertz CT molecular complexity index is 617. The van der Waals surface area contributed by atoms with Crippen LogP contribution in [0.15, 0.2) is 18.2 Å². The Hall–Kier alpha value is -1.67. The van der Waals surface area contributed by atoms with Crippen LogP contribution in [-0.2, 0) is 14.8 Å². The number of primary sulfonamides is 1. The molecule has 19 heavy (non-hydrogen) atoms. The summed E-state index contributed by atoms with van der Waals surface area (Å²) >= 11 is 0. The molecule has 8 heteroatoms. The second kappa shape index (κ2) is 4.78. The van der Waals surface area contributed by atoms with Crippen molar-refractivity contribution in [3.8, 4) is 5.75 Å². The molecule has 104 valence electrons. The van der Waals surface area contributed by atoms with Crippen molar-refractivity contribution in [2.45, 2.75) is 11.7 Å². The van der Waals surface area contributed by atoms with Crippen molar-refractivity contribution in [3.05, 3.63) is 24.0 Å². The third kappa shape index (κ3) is 2.69. The average molecular weight is 288 g/mol. The molecule has 0 aliphatic carbocycles. The molecule has 1 aliphatic heterocycles. The predicted molar refractivity (Wildman–Crippen MR) is 66.8 cm³/mol. The third-order valence-corrected chi connectivity index (χ3v) is 4.25. The summed E-state index contributed by atoms with van der Waals surface area (Å²) in [5.41, 5.74) is 0.287. The van der Waals surface area contributed by atoms with E-state index in [1.807, 2.05) is 0 Å². The van der Waals surface area contributed by atoms with Gasteiger partial charge in [-0.15, -0.1) is 0 Å². The van der Waals surface area contributed by atoms with Crippen molar-refractivity contribution in [1.29, 1.82) is 0 Å². The summed E-state index contributed by atoms with van der Waals surface area (Å²) in [6.07, 6.45) is -0.188. The van der Waals surface area contributed by atoms with Gasteiger partial charge in [-0.1, -0.05) is 0 Å². The quantitative estimate of drug-likeness (QED) is 0.862. The molecule has 1 amide bonds. The highest BCUT2D eigenvalue weighted by Gasteiger charge is 2.37. The number of nitrogens with zero attached hydrogens (tertiary/aromatic N) is 1. The number of carbonyl (C=O) groups is 1. The number of hydrogen-bond donors (Lipinski definition) is 1. The van der Waals surface area contributed by atoms with Crippen LogP contribution >= 0.6 is 0 Å². The lowest BCUT2D eigenvalue weighted by Gasteiger charge is -2.17. The fourth-order valence-electron chi connectivity index (χ4n) is 1.97. The van der Waals surface area contributed by atoms with Crippen molar-refractivity contribution >= 4 is 21.6 Å². The first-order valence-electron chi connectivity index (χ1n) is 5.48. The van der Waals surface area contributed by atoms with E-state index < -0.39 is 27.0 Å². The smallest absolute Gasteiger partial charge is 0.228 e. The van der Waals surface area contributed by atoms with E-state index in [-0.39, 0.29) is 24.4 Å². The van der Waals surface area contributed by atoms with Crippen LogP contribution in [0.4, 0.5) is 10.1 Å². The lowest BCUT2D eigenvalue weighted by molar-refractivity contribution is -0.117. The van der Waals surface area contributed by atoms with Crippen LogP contribution in [-0.4, -0.2) is 33.2 Å². The normalized spacial score (nSPS) is 19.8. The molecule has 0 saturated carbocycles. The molecule has 1 unspecified atom stereocenters. The second-order valence-electron chi connectivity index (χ2n) is 4.24. The molecular formula is C11H13FN2O4S. The lowest BCUT2D eigenvalue weighted by Crippen LogP contribution is -2.32. The number of halogens is 1. The van der Waals surface area contributed by atoms with Crippen LogP contribution in [0.1, 0.15) is 6.42 Å². The van der Waals surface area contributed by atoms with E-state index in [9.17, 15) is 17.6 Å². The first kappa shape index (κ1) is 13.8. The molecule has 1 aromatic rings. The van der Waals surface area contributed by atoms with Gasteiger partial charge in [0.1, 0.15) is 5.25 Å². The van der Waals surface area contributed by atoms with Crippen molar-refractivity contribution in [2.24, 2.45) is 5.14 Å². The monoisotopic (exact) mass is 288 g/mol. The Morgan fingerprint density at radius 1 is 1.47 bits per heavy atom. The van der Waals surface area contributed by atoms with Crippen LogP contribution in [0, 0.1) is 5.82 Å². The maximum absolute atomic E-state index is 13.6. The maximum Gasteiger partial charge on any atom is 0.228 e. The van der Waals surface area contributed by atoms with Gasteiger partial charge in [0.25, 0.3) is 0 Å². The van der Waals surface area contributed by atoms with Crippen molar-refractivity contribution in [2.75, 3.05) is 18.6 Å². The summed E-state index contributed by atoms with van der Waals surface area (Å²) in [6, 6.07) is 4.00. The number of anilines is 1. The van der Waals surface area contributed by atoms with Gasteiger partial charge < -0.3 is 9.64 Å². The van der Waals surface area contributed by atoms with Crippen LogP contribution < -0.4 is 14.8 Å². The summed E-state index contributed by atoms with van der Waals surface area (Å²) in [5.74, 6) is -0.964. The summed E-state index contributed by atoms with van der Waals surface area (Å²) in [7, 11) is -2.45. The Morgan fingerprint density at radius 3 is 2.63 bits per heavy atom. The fraction of sp³-hybridized carbons (Fsp3) is 0.364. The first-order chi connectivity index (χ1) is 8.82. The topological polar surface area (TPSA) is 89.7 Å². The lowest BCUT2D eigenvalue weighted by atomic mass is 10.2. The van der Waals surface area contributed by atoms with E-state index in [4.69, 9.17) is 9.88 Å². The molecule has 1 saturated heterocycles. The van der Waals surface area contributed by atoms with Crippen LogP contribution in [0.3, 0.4) is 0 Å². The van der Waals surface area contributed by atoms with Gasteiger partial charge in [0.2, 0.25) is 15.9 Å². The van der Waals surface area contributed by atoms with E-state index in [1.165, 1.54) is 24.1 Å². The molecule has 0 spiro atoms. The SMILES string of the molecule is COc1ccc(N2CC(S(N)(=O)=O)CC2=O)cc1F. The molecule has 0 aromatic heterocycles. The Morgan fingerprint density at radius 2 is 2.16 bits per heavy atom. The van der Waals surface area contributed by atoms with E-state index in [0.717, 1.165) is 6.07 Å². The summed E-state index contributed by atoms with van der Waals surface area (Å²) in [4.78, 5) is 13.0. The number of hydrogen-bond acceptors (Lipinski definition) is 4. The summed E-state index contributed by atoms with van der Waals surface area (Å²) in [5, 5.41) is 4.06. The predicted octanol–water partition coefficient (Wildman–Crippen LogP) is 0.228. The number of rotatable bonds is 3. The van der Waals surface area contributed by atoms with Gasteiger partial charge >= 0.3 is 0 Å². The number of benzene rings is 1. The van der Waals surface area contributed by atoms with E-state index in [0.29, 0.717) is 0 Å². The number of ether oxygens (including phenoxy) is 1. The molecule has 2 N–H and O–H groups in total. The van der Waals surface area contributed by atoms with Crippen LogP contribution in [0.25, 0.3) is 0 Å². The summed E-state index contributed by atoms with van der Waals surface area (Å²) in [6.45, 7) is -0.0660. The van der Waals surface area contributed by atoms with Crippen molar-refractivity contribution in [3.63, 3.8) is 0 Å². The Balaban J connectivity index is 2.28. The van der Waals surface area contributed by atoms with E-state index >= 15 is 0 Å². The van der Waals surface area contributed by atoms with Crippen molar-refractivity contribution in [1.82, 2.24) is 0 Å². The van der Waals surface area contributed by atoms with Gasteiger partial charge in [0.15, 0.2) is 11.6 Å². The minimum absolute atomic E-state index is 0.0541. The molecule has 6 nitrogen and oxygen atoms in total. The number of methoxy groups -OCH3 is 1. The molecule has 1 fully saturated rings. The average Bonchev–Trinajstić information content (AvgIpc) is 2.71. The minimum atomic E-state index is -3.78. The highest BCUT2D eigenvalue weighted by molar-refractivity contribution is 7.89. The zero-order valence-corrected chi connectivity index (χ0v) is 11.0. The van der Waals surface area contributed by atoms with Gasteiger partial charge in [-0.3, -0.25) is 4.79 Å². The number of carbonyl (C=O) groups excluding carboxylic acids is 1. The van der Waals surface area contributed by atoms with Crippen LogP contribution in [0.5, 0.6) is 5.75 Å². The Kier molecular flexibility index (Phi) is 3.46. The minimum Gasteiger partial charge on any atom is -0.494 e. The van der Waals surface area contributed by atoms with Gasteiger partial charge in [-0.05, 0) is 12.1 Å². The number of nitrogens with two attached hydrogens (primary N) is 1. The first-order valence-corrected chi connectivity index (χ1v) is 7.09. The maximum atomic E-state index is 13.6. The van der Waals surface area contributed by atoms with Crippen LogP contribution in [0.2, 0.25) is 0 Å². The molecule has 2 rings (SSSR count). The van der Waals surface area contributed by atoms with E-state index in [2.05, 4.69) is 0 Å².